The van der Waals surface area contributed by atoms with Crippen LogP contribution in [0.2, 0.25) is 0 Å². The molecular formula is C15H20ClN3O2. The van der Waals surface area contributed by atoms with Gasteiger partial charge in [0.25, 0.3) is 0 Å². The lowest BCUT2D eigenvalue weighted by atomic mass is 10.1. The van der Waals surface area contributed by atoms with Gasteiger partial charge in [-0.25, -0.2) is 0 Å². The van der Waals surface area contributed by atoms with E-state index in [2.05, 4.69) is 10.1 Å². The summed E-state index contributed by atoms with van der Waals surface area (Å²) in [4.78, 5) is 2.29. The highest BCUT2D eigenvalue weighted by Crippen LogP contribution is 2.20. The fraction of sp³-hybridized carbons (Fsp3) is 0.400. The molecular weight excluding hydrogens is 290 g/mol. The van der Waals surface area contributed by atoms with Crippen LogP contribution >= 0.6 is 12.4 Å². The van der Waals surface area contributed by atoms with E-state index >= 15 is 0 Å². The normalized spacial score (nSPS) is 19.2. The molecule has 1 aromatic carbocycles. The van der Waals surface area contributed by atoms with E-state index < -0.39 is 0 Å². The van der Waals surface area contributed by atoms with Gasteiger partial charge in [0.15, 0.2) is 5.76 Å². The fourth-order valence-corrected chi connectivity index (χ4v) is 2.42. The molecule has 21 heavy (non-hydrogen) atoms. The second-order valence-electron chi connectivity index (χ2n) is 5.01. The summed E-state index contributed by atoms with van der Waals surface area (Å²) in [6, 6.07) is 12.0. The minimum Gasteiger partial charge on any atom is -0.374 e. The zero-order chi connectivity index (χ0) is 13.8. The fourth-order valence-electron chi connectivity index (χ4n) is 2.42. The first-order chi connectivity index (χ1) is 9.85. The molecule has 3 rings (SSSR count). The summed E-state index contributed by atoms with van der Waals surface area (Å²) in [5.41, 5.74) is 7.60. The summed E-state index contributed by atoms with van der Waals surface area (Å²) in [7, 11) is 0. The molecule has 6 heteroatoms. The smallest absolute Gasteiger partial charge is 0.151 e. The highest BCUT2D eigenvalue weighted by atomic mass is 35.5. The molecule has 2 heterocycles. The van der Waals surface area contributed by atoms with E-state index in [1.807, 2.05) is 36.4 Å². The lowest BCUT2D eigenvalue weighted by Crippen LogP contribution is -2.45. The maximum atomic E-state index is 5.65. The van der Waals surface area contributed by atoms with Crippen molar-refractivity contribution in [1.82, 2.24) is 10.1 Å². The van der Waals surface area contributed by atoms with E-state index in [4.69, 9.17) is 15.0 Å². The van der Waals surface area contributed by atoms with Crippen LogP contribution in [0.3, 0.4) is 0 Å². The molecule has 0 amide bonds. The van der Waals surface area contributed by atoms with Crippen LogP contribution in [0.5, 0.6) is 0 Å². The molecule has 0 bridgehead atoms. The number of halogens is 1. The van der Waals surface area contributed by atoms with Crippen LogP contribution < -0.4 is 5.73 Å². The van der Waals surface area contributed by atoms with Crippen molar-refractivity contribution in [3.05, 3.63) is 42.2 Å². The maximum absolute atomic E-state index is 5.65. The molecule has 1 aliphatic rings. The SMILES string of the molecule is Cl.NCC1CN(Cc2cc(-c3ccccc3)no2)CCO1. The third kappa shape index (κ3) is 4.04. The van der Waals surface area contributed by atoms with Gasteiger partial charge in [-0.15, -0.1) is 12.4 Å². The molecule has 2 N–H and O–H groups in total. The molecule has 5 nitrogen and oxygen atoms in total. The molecule has 1 fully saturated rings. The van der Waals surface area contributed by atoms with E-state index in [0.29, 0.717) is 6.54 Å². The maximum Gasteiger partial charge on any atom is 0.151 e. The molecule has 1 atom stereocenters. The summed E-state index contributed by atoms with van der Waals surface area (Å²) in [5.74, 6) is 0.876. The van der Waals surface area contributed by atoms with Crippen LogP contribution in [0.25, 0.3) is 11.3 Å². The van der Waals surface area contributed by atoms with Crippen LogP contribution in [-0.4, -0.2) is 42.4 Å². The number of benzene rings is 1. The van der Waals surface area contributed by atoms with E-state index in [-0.39, 0.29) is 18.5 Å². The third-order valence-corrected chi connectivity index (χ3v) is 3.49. The van der Waals surface area contributed by atoms with Gasteiger partial charge in [0.05, 0.1) is 19.3 Å². The Morgan fingerprint density at radius 2 is 2.10 bits per heavy atom. The van der Waals surface area contributed by atoms with Gasteiger partial charge in [-0.05, 0) is 0 Å². The number of hydrogen-bond acceptors (Lipinski definition) is 5. The van der Waals surface area contributed by atoms with E-state index in [1.54, 1.807) is 0 Å². The van der Waals surface area contributed by atoms with E-state index in [1.165, 1.54) is 0 Å². The predicted molar refractivity (Wildman–Crippen MR) is 83.3 cm³/mol. The Morgan fingerprint density at radius 1 is 1.29 bits per heavy atom. The molecule has 1 aliphatic heterocycles. The highest BCUT2D eigenvalue weighted by Gasteiger charge is 2.20. The quantitative estimate of drug-likeness (QED) is 0.935. The molecule has 1 saturated heterocycles. The van der Waals surface area contributed by atoms with Gasteiger partial charge in [-0.1, -0.05) is 35.5 Å². The van der Waals surface area contributed by atoms with Crippen molar-refractivity contribution in [2.24, 2.45) is 5.73 Å². The van der Waals surface area contributed by atoms with Gasteiger partial charge in [0.2, 0.25) is 0 Å². The number of morpholine rings is 1. The first-order valence-corrected chi connectivity index (χ1v) is 6.90. The minimum atomic E-state index is 0. The van der Waals surface area contributed by atoms with Crippen molar-refractivity contribution < 1.29 is 9.26 Å². The monoisotopic (exact) mass is 309 g/mol. The lowest BCUT2D eigenvalue weighted by molar-refractivity contribution is -0.0283. The molecule has 0 spiro atoms. The van der Waals surface area contributed by atoms with Crippen molar-refractivity contribution in [3.8, 4) is 11.3 Å². The molecule has 1 unspecified atom stereocenters. The van der Waals surface area contributed by atoms with Crippen molar-refractivity contribution in [1.29, 1.82) is 0 Å². The first-order valence-electron chi connectivity index (χ1n) is 6.90. The van der Waals surface area contributed by atoms with Crippen LogP contribution in [0.1, 0.15) is 5.76 Å². The molecule has 2 aromatic rings. The molecule has 114 valence electrons. The van der Waals surface area contributed by atoms with Gasteiger partial charge in [-0.3, -0.25) is 4.90 Å². The number of nitrogens with two attached hydrogens (primary N) is 1. The van der Waals surface area contributed by atoms with E-state index in [0.717, 1.165) is 43.3 Å². The van der Waals surface area contributed by atoms with Crippen molar-refractivity contribution >= 4 is 12.4 Å². The average molecular weight is 310 g/mol. The zero-order valence-electron chi connectivity index (χ0n) is 11.8. The minimum absolute atomic E-state index is 0. The van der Waals surface area contributed by atoms with Gasteiger partial charge in [-0.2, -0.15) is 0 Å². The van der Waals surface area contributed by atoms with Gasteiger partial charge < -0.3 is 15.0 Å². The Balaban J connectivity index is 0.00000161. The Hall–Kier alpha value is -1.40. The lowest BCUT2D eigenvalue weighted by Gasteiger charge is -2.31. The Bertz CT molecular complexity index is 547. The van der Waals surface area contributed by atoms with Crippen molar-refractivity contribution in [2.75, 3.05) is 26.2 Å². The predicted octanol–water partition coefficient (Wildman–Crippen LogP) is 1.92. The summed E-state index contributed by atoms with van der Waals surface area (Å²) in [5, 5.41) is 4.13. The Morgan fingerprint density at radius 3 is 2.86 bits per heavy atom. The van der Waals surface area contributed by atoms with Gasteiger partial charge in [0, 0.05) is 31.3 Å². The standard InChI is InChI=1S/C15H19N3O2.ClH/c16-9-14-11-18(6-7-19-14)10-13-8-15(17-20-13)12-4-2-1-3-5-12;/h1-5,8,14H,6-7,9-11,16H2;1H. The summed E-state index contributed by atoms with van der Waals surface area (Å²) in [6.07, 6.45) is 0.125. The number of nitrogens with zero attached hydrogens (tertiary/aromatic N) is 2. The van der Waals surface area contributed by atoms with Crippen LogP contribution in [0.15, 0.2) is 40.9 Å². The summed E-state index contributed by atoms with van der Waals surface area (Å²) < 4.78 is 11.0. The Labute approximate surface area is 130 Å². The van der Waals surface area contributed by atoms with Gasteiger partial charge >= 0.3 is 0 Å². The number of hydrogen-bond donors (Lipinski definition) is 1. The van der Waals surface area contributed by atoms with Crippen LogP contribution in [0.4, 0.5) is 0 Å². The first kappa shape index (κ1) is 16.0. The Kier molecular flexibility index (Phi) is 5.76. The van der Waals surface area contributed by atoms with Crippen LogP contribution in [-0.2, 0) is 11.3 Å². The van der Waals surface area contributed by atoms with Crippen LogP contribution in [0, 0.1) is 0 Å². The molecule has 0 saturated carbocycles. The summed E-state index contributed by atoms with van der Waals surface area (Å²) in [6.45, 7) is 3.78. The molecule has 1 aromatic heterocycles. The third-order valence-electron chi connectivity index (χ3n) is 3.49. The van der Waals surface area contributed by atoms with Crippen molar-refractivity contribution in [3.63, 3.8) is 0 Å². The average Bonchev–Trinajstić information content (AvgIpc) is 2.97. The zero-order valence-corrected chi connectivity index (χ0v) is 12.6. The number of ether oxygens (including phenoxy) is 1. The number of aromatic nitrogens is 1. The molecule has 0 aliphatic carbocycles. The van der Waals surface area contributed by atoms with E-state index in [9.17, 15) is 0 Å². The summed E-state index contributed by atoms with van der Waals surface area (Å²) >= 11 is 0. The van der Waals surface area contributed by atoms with Gasteiger partial charge in [0.1, 0.15) is 5.69 Å². The molecule has 0 radical (unpaired) electrons. The largest absolute Gasteiger partial charge is 0.374 e. The number of rotatable bonds is 4. The second-order valence-corrected chi connectivity index (χ2v) is 5.01. The van der Waals surface area contributed by atoms with Crippen molar-refractivity contribution in [2.45, 2.75) is 12.6 Å². The topological polar surface area (TPSA) is 64.5 Å². The second kappa shape index (κ2) is 7.56. The highest BCUT2D eigenvalue weighted by molar-refractivity contribution is 5.85.